The minimum Gasteiger partial charge on any atom is -0.392 e. The van der Waals surface area contributed by atoms with Crippen LogP contribution in [0.5, 0.6) is 0 Å². The summed E-state index contributed by atoms with van der Waals surface area (Å²) in [5.74, 6) is 0.688. The molecule has 0 aliphatic heterocycles. The van der Waals surface area contributed by atoms with E-state index in [1.807, 2.05) is 13.8 Å². The van der Waals surface area contributed by atoms with Crippen molar-refractivity contribution in [3.05, 3.63) is 0 Å². The highest BCUT2D eigenvalue weighted by Gasteiger charge is 2.40. The molecular weight excluding hydrogens is 280 g/mol. The molecule has 1 aliphatic rings. The van der Waals surface area contributed by atoms with E-state index < -0.39 is 5.41 Å². The molecule has 0 heterocycles. The average Bonchev–Trinajstić information content (AvgIpc) is 2.86. The maximum atomic E-state index is 12.7. The van der Waals surface area contributed by atoms with Crippen LogP contribution in [0, 0.1) is 16.7 Å². The van der Waals surface area contributed by atoms with Crippen LogP contribution in [0.2, 0.25) is 0 Å². The van der Waals surface area contributed by atoms with Crippen LogP contribution in [0.25, 0.3) is 0 Å². The van der Waals surface area contributed by atoms with Crippen LogP contribution in [0.15, 0.2) is 0 Å². The molecule has 3 N–H and O–H groups in total. The number of carbonyl (C=O) groups excluding carboxylic acids is 1. The largest absolute Gasteiger partial charge is 0.392 e. The van der Waals surface area contributed by atoms with Crippen molar-refractivity contribution < 1.29 is 4.79 Å². The summed E-state index contributed by atoms with van der Waals surface area (Å²) in [6.07, 6.45) is 7.54. The second-order valence-corrected chi connectivity index (χ2v) is 7.58. The number of amides is 1. The Balaban J connectivity index is 2.75. The normalized spacial score (nSPS) is 18.0. The summed E-state index contributed by atoms with van der Waals surface area (Å²) in [5.41, 5.74) is 5.47. The molecule has 0 aromatic rings. The van der Waals surface area contributed by atoms with Gasteiger partial charge < -0.3 is 11.1 Å². The van der Waals surface area contributed by atoms with E-state index in [0.29, 0.717) is 23.7 Å². The number of nitrogens with two attached hydrogens (primary N) is 1. The van der Waals surface area contributed by atoms with Gasteiger partial charge in [-0.3, -0.25) is 4.79 Å². The van der Waals surface area contributed by atoms with Crippen LogP contribution in [0.3, 0.4) is 0 Å². The summed E-state index contributed by atoms with van der Waals surface area (Å²) in [6, 6.07) is 0. The smallest absolute Gasteiger partial charge is 0.233 e. The number of rotatable bonds is 8. The summed E-state index contributed by atoms with van der Waals surface area (Å²) >= 11 is 5.17. The van der Waals surface area contributed by atoms with E-state index in [4.69, 9.17) is 18.0 Å². The molecule has 0 spiro atoms. The van der Waals surface area contributed by atoms with Gasteiger partial charge in [-0.05, 0) is 43.4 Å². The molecule has 0 saturated heterocycles. The molecule has 122 valence electrons. The first-order chi connectivity index (χ1) is 9.82. The molecule has 0 aromatic carbocycles. The standard InChI is InChI=1S/C17H32N2OS/c1-5-17(6-2,14(18)21)15(20)19-12-16(11-13(3)4)9-7-8-10-16/h13H,5-12H2,1-4H3,(H2,18,21)(H,19,20). The third-order valence-electron chi connectivity index (χ3n) is 5.24. The first kappa shape index (κ1) is 18.4. The lowest BCUT2D eigenvalue weighted by Gasteiger charge is -2.34. The van der Waals surface area contributed by atoms with E-state index in [0.717, 1.165) is 6.54 Å². The van der Waals surface area contributed by atoms with E-state index in [2.05, 4.69) is 19.2 Å². The Bertz CT molecular complexity index is 369. The van der Waals surface area contributed by atoms with E-state index in [9.17, 15) is 4.79 Å². The first-order valence-electron chi connectivity index (χ1n) is 8.40. The Morgan fingerprint density at radius 1 is 1.29 bits per heavy atom. The zero-order valence-corrected chi connectivity index (χ0v) is 14.9. The second-order valence-electron chi connectivity index (χ2n) is 7.14. The van der Waals surface area contributed by atoms with Gasteiger partial charge in [0.15, 0.2) is 0 Å². The van der Waals surface area contributed by atoms with Crippen molar-refractivity contribution in [3.63, 3.8) is 0 Å². The van der Waals surface area contributed by atoms with Gasteiger partial charge in [0.25, 0.3) is 0 Å². The molecule has 1 aliphatic carbocycles. The van der Waals surface area contributed by atoms with E-state index in [-0.39, 0.29) is 11.3 Å². The van der Waals surface area contributed by atoms with Crippen molar-refractivity contribution in [1.82, 2.24) is 5.32 Å². The van der Waals surface area contributed by atoms with Crippen molar-refractivity contribution in [1.29, 1.82) is 0 Å². The van der Waals surface area contributed by atoms with Gasteiger partial charge in [-0.15, -0.1) is 0 Å². The van der Waals surface area contributed by atoms with Crippen LogP contribution in [0.1, 0.15) is 72.6 Å². The Hall–Kier alpha value is -0.640. The maximum absolute atomic E-state index is 12.7. The van der Waals surface area contributed by atoms with E-state index in [1.165, 1.54) is 32.1 Å². The topological polar surface area (TPSA) is 55.1 Å². The van der Waals surface area contributed by atoms with Crippen LogP contribution < -0.4 is 11.1 Å². The molecule has 1 rings (SSSR count). The van der Waals surface area contributed by atoms with Crippen LogP contribution >= 0.6 is 12.2 Å². The first-order valence-corrected chi connectivity index (χ1v) is 8.81. The lowest BCUT2D eigenvalue weighted by atomic mass is 9.77. The molecule has 0 unspecified atom stereocenters. The number of carbonyl (C=O) groups is 1. The summed E-state index contributed by atoms with van der Waals surface area (Å²) < 4.78 is 0. The predicted molar refractivity (Wildman–Crippen MR) is 93.2 cm³/mol. The van der Waals surface area contributed by atoms with Gasteiger partial charge in [-0.25, -0.2) is 0 Å². The summed E-state index contributed by atoms with van der Waals surface area (Å²) in [7, 11) is 0. The molecule has 3 nitrogen and oxygen atoms in total. The van der Waals surface area contributed by atoms with Gasteiger partial charge in [0, 0.05) is 6.54 Å². The third-order valence-corrected chi connectivity index (χ3v) is 5.63. The van der Waals surface area contributed by atoms with Gasteiger partial charge in [-0.1, -0.05) is 52.8 Å². The zero-order valence-electron chi connectivity index (χ0n) is 14.1. The predicted octanol–water partition coefficient (Wildman–Crippen LogP) is 3.80. The van der Waals surface area contributed by atoms with Crippen molar-refractivity contribution >= 4 is 23.1 Å². The number of hydrogen-bond donors (Lipinski definition) is 2. The SMILES string of the molecule is CCC(CC)(C(=O)NCC1(CC(C)C)CCCC1)C(N)=S. The quantitative estimate of drug-likeness (QED) is 0.670. The van der Waals surface area contributed by atoms with Crippen molar-refractivity contribution in [2.75, 3.05) is 6.54 Å². The van der Waals surface area contributed by atoms with Crippen LogP contribution in [0.4, 0.5) is 0 Å². The molecule has 1 saturated carbocycles. The van der Waals surface area contributed by atoms with Crippen molar-refractivity contribution in [3.8, 4) is 0 Å². The van der Waals surface area contributed by atoms with E-state index >= 15 is 0 Å². The summed E-state index contributed by atoms with van der Waals surface area (Å²) in [6.45, 7) is 9.27. The molecular formula is C17H32N2OS. The number of nitrogens with one attached hydrogen (secondary N) is 1. The average molecular weight is 313 g/mol. The van der Waals surface area contributed by atoms with Gasteiger partial charge >= 0.3 is 0 Å². The molecule has 21 heavy (non-hydrogen) atoms. The molecule has 0 atom stereocenters. The number of hydrogen-bond acceptors (Lipinski definition) is 2. The minimum atomic E-state index is -0.674. The Kier molecular flexibility index (Phi) is 6.64. The molecule has 1 amide bonds. The van der Waals surface area contributed by atoms with Gasteiger partial charge in [0.2, 0.25) is 5.91 Å². The Morgan fingerprint density at radius 3 is 2.19 bits per heavy atom. The highest BCUT2D eigenvalue weighted by atomic mass is 32.1. The zero-order chi connectivity index (χ0) is 16.1. The lowest BCUT2D eigenvalue weighted by molar-refractivity contribution is -0.128. The minimum absolute atomic E-state index is 0.0232. The molecule has 1 fully saturated rings. The molecule has 0 aromatic heterocycles. The second kappa shape index (κ2) is 7.57. The van der Waals surface area contributed by atoms with Crippen LogP contribution in [-0.4, -0.2) is 17.4 Å². The van der Waals surface area contributed by atoms with Crippen molar-refractivity contribution in [2.45, 2.75) is 72.6 Å². The van der Waals surface area contributed by atoms with Crippen LogP contribution in [-0.2, 0) is 4.79 Å². The molecule has 4 heteroatoms. The fraction of sp³-hybridized carbons (Fsp3) is 0.882. The fourth-order valence-corrected chi connectivity index (χ4v) is 4.29. The Morgan fingerprint density at radius 2 is 1.81 bits per heavy atom. The fourth-order valence-electron chi connectivity index (χ4n) is 3.91. The van der Waals surface area contributed by atoms with Gasteiger partial charge in [-0.2, -0.15) is 0 Å². The van der Waals surface area contributed by atoms with E-state index in [1.54, 1.807) is 0 Å². The highest BCUT2D eigenvalue weighted by molar-refractivity contribution is 7.80. The monoisotopic (exact) mass is 312 g/mol. The summed E-state index contributed by atoms with van der Waals surface area (Å²) in [4.78, 5) is 13.0. The number of thiocarbonyl (C=S) groups is 1. The Labute approximate surface area is 135 Å². The highest BCUT2D eigenvalue weighted by Crippen LogP contribution is 2.42. The van der Waals surface area contributed by atoms with Crippen molar-refractivity contribution in [2.24, 2.45) is 22.5 Å². The van der Waals surface area contributed by atoms with Gasteiger partial charge in [0.1, 0.15) is 0 Å². The molecule has 0 radical (unpaired) electrons. The third kappa shape index (κ3) is 4.18. The van der Waals surface area contributed by atoms with Gasteiger partial charge in [0.05, 0.1) is 10.4 Å². The summed E-state index contributed by atoms with van der Waals surface area (Å²) in [5, 5.41) is 3.19. The molecule has 0 bridgehead atoms. The maximum Gasteiger partial charge on any atom is 0.233 e. The lowest BCUT2D eigenvalue weighted by Crippen LogP contribution is -2.50.